The van der Waals surface area contributed by atoms with Gasteiger partial charge in [-0.25, -0.2) is 44.6 Å². The van der Waals surface area contributed by atoms with Crippen molar-refractivity contribution in [3.63, 3.8) is 0 Å². The van der Waals surface area contributed by atoms with Crippen LogP contribution < -0.4 is 34.4 Å². The van der Waals surface area contributed by atoms with Crippen molar-refractivity contribution in [2.75, 3.05) is 0 Å². The molecule has 42 nitrogen and oxygen atoms in total. The summed E-state index contributed by atoms with van der Waals surface area (Å²) < 4.78 is 27.3. The highest BCUT2D eigenvalue weighted by molar-refractivity contribution is 6.03. The quantitative estimate of drug-likeness (QED) is 0.0278. The molecule has 0 unspecified atom stereocenters. The van der Waals surface area contributed by atoms with E-state index in [-0.39, 0.29) is 59.1 Å². The fourth-order valence-corrected chi connectivity index (χ4v) is 13.3. The molecule has 0 saturated carbocycles. The van der Waals surface area contributed by atoms with Gasteiger partial charge in [-0.2, -0.15) is 45.9 Å². The van der Waals surface area contributed by atoms with Crippen LogP contribution in [0.3, 0.4) is 0 Å². The molecular weight excluding hydrogens is 1520 g/mol. The van der Waals surface area contributed by atoms with Crippen LogP contribution >= 0.6 is 0 Å². The third kappa shape index (κ3) is 15.9. The smallest absolute Gasteiger partial charge is 0.267 e. The molecule has 0 aromatic carbocycles. The number of nitrogens with zero attached hydrogens (tertiary/aromatic N) is 27. The van der Waals surface area contributed by atoms with Crippen molar-refractivity contribution in [3.05, 3.63) is 118 Å². The molecule has 16 aromatic rings. The third-order valence-electron chi connectivity index (χ3n) is 19.4. The number of carbonyl (C=O) groups is 4. The van der Waals surface area contributed by atoms with Crippen molar-refractivity contribution >= 4 is 67.2 Å². The van der Waals surface area contributed by atoms with Gasteiger partial charge in [0.25, 0.3) is 23.6 Å². The molecule has 0 radical (unpaired) electrons. The molecule has 0 atom stereocenters. The van der Waals surface area contributed by atoms with E-state index < -0.39 is 23.6 Å². The summed E-state index contributed by atoms with van der Waals surface area (Å²) in [7, 11) is 8.88. The monoisotopic (exact) mass is 1610 g/mol. The minimum Gasteiger partial charge on any atom is -0.504 e. The number of nitrogens with one attached hydrogen (secondary N) is 1. The number of H-pyrrole nitrogens is 1. The molecule has 0 spiro atoms. The normalized spacial score (nSPS) is 11.4. The van der Waals surface area contributed by atoms with E-state index in [1.807, 2.05) is 35.3 Å². The molecule has 4 amide bonds. The van der Waals surface area contributed by atoms with Crippen LogP contribution in [-0.4, -0.2) is 172 Å². The highest BCUT2D eigenvalue weighted by Gasteiger charge is 2.30. The Morgan fingerprint density at radius 3 is 1.25 bits per heavy atom. The lowest BCUT2D eigenvalue weighted by Gasteiger charge is -2.04. The largest absolute Gasteiger partial charge is 0.504 e. The number of hydrogen-bond acceptors (Lipinski definition) is 28. The van der Waals surface area contributed by atoms with Crippen molar-refractivity contribution in [2.24, 2.45) is 69.6 Å². The van der Waals surface area contributed by atoms with Crippen molar-refractivity contribution in [3.8, 4) is 104 Å². The van der Waals surface area contributed by atoms with Crippen LogP contribution in [0.15, 0.2) is 70.0 Å². The first kappa shape index (κ1) is 81.4. The molecular formula is C76H90N34O8. The zero-order valence-electron chi connectivity index (χ0n) is 67.3. The Morgan fingerprint density at radius 2 is 0.797 bits per heavy atom. The van der Waals surface area contributed by atoms with Gasteiger partial charge < -0.3 is 53.4 Å². The number of fused-ring (bicyclic) bond motifs is 4. The molecule has 0 bridgehead atoms. The molecule has 0 fully saturated rings. The lowest BCUT2D eigenvalue weighted by molar-refractivity contribution is 0.0987. The number of aryl methyl sites for hydroxylation is 13. The molecule has 0 aliphatic rings. The first-order chi connectivity index (χ1) is 56.6. The van der Waals surface area contributed by atoms with E-state index in [4.69, 9.17) is 53.2 Å². The number of aromatic hydroxyl groups is 2. The summed E-state index contributed by atoms with van der Waals surface area (Å²) in [6, 6.07) is 10.3. The molecule has 0 aliphatic heterocycles. The average molecular weight is 1610 g/mol. The Labute approximate surface area is 671 Å². The second-order valence-corrected chi connectivity index (χ2v) is 27.9. The first-order valence-corrected chi connectivity index (χ1v) is 37.9. The lowest BCUT2D eigenvalue weighted by Crippen LogP contribution is -2.14. The summed E-state index contributed by atoms with van der Waals surface area (Å²) in [6.07, 6.45) is 13.4. The topological polar surface area (TPSA) is 583 Å². The number of aromatic amines is 1. The average Bonchev–Trinajstić information content (AvgIpc) is 1.60. The number of primary amides is 4. The van der Waals surface area contributed by atoms with E-state index in [9.17, 15) is 29.4 Å². The van der Waals surface area contributed by atoms with E-state index in [2.05, 4.69) is 114 Å². The van der Waals surface area contributed by atoms with Gasteiger partial charge in [0.05, 0.1) is 71.3 Å². The van der Waals surface area contributed by atoms with E-state index in [0.29, 0.717) is 132 Å². The minimum atomic E-state index is -0.673. The molecule has 612 valence electrons. The highest BCUT2D eigenvalue weighted by Crippen LogP contribution is 2.40. The Bertz CT molecular complexity index is 6470. The summed E-state index contributed by atoms with van der Waals surface area (Å²) in [5, 5.41) is 70.5. The van der Waals surface area contributed by atoms with Gasteiger partial charge in [-0.05, 0) is 89.8 Å². The van der Waals surface area contributed by atoms with Crippen LogP contribution in [0.2, 0.25) is 0 Å². The van der Waals surface area contributed by atoms with Gasteiger partial charge >= 0.3 is 0 Å². The van der Waals surface area contributed by atoms with Gasteiger partial charge in [0, 0.05) is 83.0 Å². The predicted molar refractivity (Wildman–Crippen MR) is 432 cm³/mol. The Hall–Kier alpha value is -14.6. The SMILES string of the molecule is CCCCn1nc(C)c(O)c1-c1nc(-c2nc(C(N)=O)cc3c2cnn3C)c(CN)o1.CCCCn1nc(C)c(O)c1-c1nc(-c2nc(C(N)=O)cc3c2cnn3C)n[nH]1.CCCCn1nc(C)cc1-c1nc(-c2nc(C(N)=O)cc3c2cnn3C)c(CN)o1.CCCn1nc(C)cc1-c1nc(-c2nc(C(N)=O)cc3c2cnn3C)n(C)n1. The molecule has 118 heavy (non-hydrogen) atoms. The maximum atomic E-state index is 11.9. The Kier molecular flexibility index (Phi) is 23.4. The zero-order chi connectivity index (χ0) is 84.4. The van der Waals surface area contributed by atoms with Gasteiger partial charge in [-0.15, -0.1) is 5.10 Å². The summed E-state index contributed by atoms with van der Waals surface area (Å²) in [4.78, 5) is 83.3. The van der Waals surface area contributed by atoms with Crippen LogP contribution in [0.4, 0.5) is 0 Å². The molecule has 0 aliphatic carbocycles. The van der Waals surface area contributed by atoms with Crippen LogP contribution in [0, 0.1) is 27.7 Å². The van der Waals surface area contributed by atoms with Crippen LogP contribution in [0.5, 0.6) is 11.5 Å². The molecule has 16 aromatic heterocycles. The lowest BCUT2D eigenvalue weighted by atomic mass is 10.1. The van der Waals surface area contributed by atoms with Crippen molar-refractivity contribution in [2.45, 2.75) is 140 Å². The Morgan fingerprint density at radius 1 is 0.407 bits per heavy atom. The van der Waals surface area contributed by atoms with Crippen molar-refractivity contribution in [1.29, 1.82) is 0 Å². The number of nitrogens with two attached hydrogens (primary N) is 6. The standard InChI is InChI=1S/C20H24N8O3.C20H24N8O2.C18H21N9O2.C18H21N9O/c1-4-5-6-28-17(18(29)10(2)26-28)20-25-16(14(8-21)31-20)15-11-9-23-27(3)13(11)7-12(24-15)19(22)30;1-4-5-6-28-15(7-11(2)26-28)20-25-18(16(9-21)30-20)17-12-10-23-27(3)14(12)8-13(24-17)19(22)29;1-4-5-6-27-14(15(28)9(2)25-27)18-22-17(23-24-18)13-10-8-20-26(3)12(10)7-11(21-13)16(19)29;1-5-6-27-14(7-10(2)23-27)17-22-18(26(4)24-17)15-11-9-20-25(3)13(11)8-12(21-15)16(19)28/h7,9,29H,4-6,8,21H2,1-3H3,(H2,22,30);7-8,10H,4-6,9,21H2,1-3H3,(H2,22,29);7-8,28H,4-6H2,1-3H3,(H2,19,29)(H,22,23,24);7-9H,5-6H2,1-4H3,(H2,19,28). The summed E-state index contributed by atoms with van der Waals surface area (Å²) in [5.41, 5.74) is 44.8. The van der Waals surface area contributed by atoms with Gasteiger partial charge in [0.2, 0.25) is 17.6 Å². The summed E-state index contributed by atoms with van der Waals surface area (Å²) in [6.45, 7) is 18.6. The molecule has 0 saturated heterocycles. The number of pyridine rings is 4. The zero-order valence-corrected chi connectivity index (χ0v) is 67.3. The van der Waals surface area contributed by atoms with E-state index in [1.165, 1.54) is 0 Å². The maximum absolute atomic E-state index is 11.9. The summed E-state index contributed by atoms with van der Waals surface area (Å²) in [5.74, 6) is 0.579. The van der Waals surface area contributed by atoms with Gasteiger partial charge in [0.1, 0.15) is 96.9 Å². The van der Waals surface area contributed by atoms with E-state index >= 15 is 0 Å². The fourth-order valence-electron chi connectivity index (χ4n) is 13.3. The fraction of sp³-hybridized carbons (Fsp3) is 0.342. The Balaban J connectivity index is 0.000000136. The van der Waals surface area contributed by atoms with Gasteiger partial charge in [-0.1, -0.05) is 47.0 Å². The number of aromatic nitrogens is 28. The highest BCUT2D eigenvalue weighted by atomic mass is 16.4. The maximum Gasteiger partial charge on any atom is 0.267 e. The van der Waals surface area contributed by atoms with Gasteiger partial charge in [0.15, 0.2) is 34.7 Å². The molecule has 16 rings (SSSR count). The molecule has 16 heterocycles. The van der Waals surface area contributed by atoms with Crippen LogP contribution in [0.1, 0.15) is 149 Å². The first-order valence-electron chi connectivity index (χ1n) is 37.9. The van der Waals surface area contributed by atoms with E-state index in [1.54, 1.807) is 131 Å². The molecule has 42 heteroatoms. The predicted octanol–water partition coefficient (Wildman–Crippen LogP) is 6.99. The number of amides is 4. The number of rotatable bonds is 25. The third-order valence-corrected chi connectivity index (χ3v) is 19.4. The number of carbonyl (C=O) groups excluding carboxylic acids is 4. The second-order valence-electron chi connectivity index (χ2n) is 27.9. The minimum absolute atomic E-state index is 0.00200. The van der Waals surface area contributed by atoms with Gasteiger partial charge in [-0.3, -0.25) is 61.7 Å². The number of hydrogen-bond donors (Lipinski definition) is 9. The van der Waals surface area contributed by atoms with E-state index in [0.717, 1.165) is 97.1 Å². The van der Waals surface area contributed by atoms with Crippen molar-refractivity contribution < 1.29 is 38.2 Å². The van der Waals surface area contributed by atoms with Crippen LogP contribution in [0.25, 0.3) is 136 Å². The van der Waals surface area contributed by atoms with Crippen LogP contribution in [-0.2, 0) is 74.5 Å². The summed E-state index contributed by atoms with van der Waals surface area (Å²) >= 11 is 0. The molecule has 15 N–H and O–H groups in total. The second kappa shape index (κ2) is 33.8. The number of unbranched alkanes of at least 4 members (excludes halogenated alkanes) is 3. The van der Waals surface area contributed by atoms with Crippen molar-refractivity contribution in [1.82, 2.24) is 138 Å². The number of oxazole rings is 2.